The Labute approximate surface area is 134 Å². The fourth-order valence-electron chi connectivity index (χ4n) is 4.33. The van der Waals surface area contributed by atoms with Gasteiger partial charge >= 0.3 is 6.03 Å². The number of hydrogen-bond acceptors (Lipinski definition) is 3. The van der Waals surface area contributed by atoms with Gasteiger partial charge in [-0.25, -0.2) is 4.79 Å². The van der Waals surface area contributed by atoms with Gasteiger partial charge in [-0.1, -0.05) is 6.42 Å². The molecule has 126 valence electrons. The fraction of sp³-hybridized carbons (Fsp3) is 0.941. The maximum atomic E-state index is 11.9. The molecule has 3 aliphatic rings. The van der Waals surface area contributed by atoms with E-state index in [1.165, 1.54) is 38.8 Å². The first-order valence-corrected chi connectivity index (χ1v) is 9.13. The first-order chi connectivity index (χ1) is 10.7. The lowest BCUT2D eigenvalue weighted by molar-refractivity contribution is -0.130. The van der Waals surface area contributed by atoms with Crippen LogP contribution in [0.5, 0.6) is 0 Å². The number of likely N-dealkylation sites (tertiary alicyclic amines) is 2. The van der Waals surface area contributed by atoms with E-state index in [0.29, 0.717) is 12.6 Å². The molecule has 0 aromatic heterocycles. The Morgan fingerprint density at radius 2 is 1.91 bits per heavy atom. The van der Waals surface area contributed by atoms with Gasteiger partial charge < -0.3 is 19.9 Å². The van der Waals surface area contributed by atoms with Crippen LogP contribution in [0.3, 0.4) is 0 Å². The first-order valence-electron chi connectivity index (χ1n) is 9.13. The van der Waals surface area contributed by atoms with E-state index in [2.05, 4.69) is 10.2 Å². The molecule has 3 heterocycles. The van der Waals surface area contributed by atoms with Gasteiger partial charge in [0.05, 0.1) is 5.60 Å². The Hall–Kier alpha value is -0.810. The van der Waals surface area contributed by atoms with Gasteiger partial charge in [-0.3, -0.25) is 0 Å². The number of rotatable bonds is 2. The van der Waals surface area contributed by atoms with Gasteiger partial charge in [-0.2, -0.15) is 0 Å². The summed E-state index contributed by atoms with van der Waals surface area (Å²) in [5, 5.41) is 2.91. The summed E-state index contributed by atoms with van der Waals surface area (Å²) in [5.41, 5.74) is 0.0311. The van der Waals surface area contributed by atoms with Crippen LogP contribution in [0.1, 0.15) is 51.9 Å². The molecule has 1 atom stereocenters. The zero-order valence-electron chi connectivity index (χ0n) is 14.0. The van der Waals surface area contributed by atoms with Gasteiger partial charge in [0.2, 0.25) is 0 Å². The predicted octanol–water partition coefficient (Wildman–Crippen LogP) is 2.22. The third-order valence-electron chi connectivity index (χ3n) is 5.66. The van der Waals surface area contributed by atoms with Crippen LogP contribution >= 0.6 is 0 Å². The minimum absolute atomic E-state index is 0.0311. The lowest BCUT2D eigenvalue weighted by Gasteiger charge is -2.49. The number of ether oxygens (including phenoxy) is 1. The van der Waals surface area contributed by atoms with Gasteiger partial charge in [0.15, 0.2) is 0 Å². The monoisotopic (exact) mass is 309 g/mol. The van der Waals surface area contributed by atoms with E-state index >= 15 is 0 Å². The van der Waals surface area contributed by atoms with Crippen molar-refractivity contribution in [3.05, 3.63) is 0 Å². The van der Waals surface area contributed by atoms with Crippen LogP contribution in [0.15, 0.2) is 0 Å². The highest BCUT2D eigenvalue weighted by atomic mass is 16.5. The third kappa shape index (κ3) is 3.57. The minimum Gasteiger partial charge on any atom is -0.375 e. The summed E-state index contributed by atoms with van der Waals surface area (Å²) in [5.74, 6) is 0. The second-order valence-electron chi connectivity index (χ2n) is 7.10. The van der Waals surface area contributed by atoms with Crippen molar-refractivity contribution in [2.75, 3.05) is 39.3 Å². The molecule has 3 fully saturated rings. The topological polar surface area (TPSA) is 44.8 Å². The van der Waals surface area contributed by atoms with Crippen molar-refractivity contribution in [2.45, 2.75) is 63.5 Å². The number of urea groups is 1. The van der Waals surface area contributed by atoms with E-state index in [4.69, 9.17) is 4.74 Å². The Kier molecular flexibility index (Phi) is 5.24. The minimum atomic E-state index is 0.0311. The van der Waals surface area contributed by atoms with Crippen LogP contribution in [-0.2, 0) is 4.74 Å². The average Bonchev–Trinajstić information content (AvgIpc) is 2.57. The van der Waals surface area contributed by atoms with Crippen LogP contribution in [-0.4, -0.2) is 66.8 Å². The van der Waals surface area contributed by atoms with Gasteiger partial charge in [0.1, 0.15) is 0 Å². The molecule has 1 N–H and O–H groups in total. The van der Waals surface area contributed by atoms with E-state index in [-0.39, 0.29) is 11.6 Å². The van der Waals surface area contributed by atoms with Gasteiger partial charge in [0.25, 0.3) is 0 Å². The molecule has 22 heavy (non-hydrogen) atoms. The van der Waals surface area contributed by atoms with Crippen molar-refractivity contribution < 1.29 is 9.53 Å². The molecular formula is C17H31N3O2. The molecule has 0 radical (unpaired) electrons. The summed E-state index contributed by atoms with van der Waals surface area (Å²) in [7, 11) is 0. The highest BCUT2D eigenvalue weighted by molar-refractivity contribution is 5.74. The highest BCUT2D eigenvalue weighted by Gasteiger charge is 2.42. The molecule has 2 amide bonds. The molecule has 1 spiro atoms. The summed E-state index contributed by atoms with van der Waals surface area (Å²) in [6.07, 6.45) is 8.44. The Bertz CT molecular complexity index is 374. The number of nitrogens with one attached hydrogen (secondary N) is 1. The summed E-state index contributed by atoms with van der Waals surface area (Å²) >= 11 is 0. The van der Waals surface area contributed by atoms with Crippen molar-refractivity contribution in [1.29, 1.82) is 0 Å². The van der Waals surface area contributed by atoms with Crippen LogP contribution in [0.25, 0.3) is 0 Å². The number of amides is 2. The summed E-state index contributed by atoms with van der Waals surface area (Å²) in [6.45, 7) is 7.77. The van der Waals surface area contributed by atoms with Crippen molar-refractivity contribution in [1.82, 2.24) is 15.1 Å². The number of carbonyl (C=O) groups excluding carboxylic acids is 1. The van der Waals surface area contributed by atoms with Gasteiger partial charge in [0, 0.05) is 32.3 Å². The van der Waals surface area contributed by atoms with Crippen LogP contribution in [0.2, 0.25) is 0 Å². The van der Waals surface area contributed by atoms with E-state index in [9.17, 15) is 4.79 Å². The Morgan fingerprint density at radius 3 is 2.59 bits per heavy atom. The SMILES string of the molecule is CCNC(=O)N1CCC2(CC1)CC(N1CCCCC1)CCO2. The average molecular weight is 309 g/mol. The number of nitrogens with zero attached hydrogens (tertiary/aromatic N) is 2. The summed E-state index contributed by atoms with van der Waals surface area (Å²) < 4.78 is 6.23. The van der Waals surface area contributed by atoms with E-state index in [0.717, 1.165) is 39.0 Å². The molecule has 0 aliphatic carbocycles. The van der Waals surface area contributed by atoms with Crippen LogP contribution < -0.4 is 5.32 Å². The fourth-order valence-corrected chi connectivity index (χ4v) is 4.33. The molecule has 0 saturated carbocycles. The number of piperidine rings is 2. The standard InChI is InChI=1S/C17H31N3O2/c1-2-18-16(21)20-11-7-17(8-12-20)14-15(6-13-22-17)19-9-4-3-5-10-19/h15H,2-14H2,1H3,(H,18,21). The normalized spacial score (nSPS) is 29.5. The van der Waals surface area contributed by atoms with Crippen molar-refractivity contribution >= 4 is 6.03 Å². The number of carbonyl (C=O) groups is 1. The lowest BCUT2D eigenvalue weighted by atomic mass is 9.81. The second-order valence-corrected chi connectivity index (χ2v) is 7.10. The molecule has 3 aliphatic heterocycles. The number of hydrogen-bond donors (Lipinski definition) is 1. The van der Waals surface area contributed by atoms with Gasteiger partial charge in [-0.05, 0) is 58.5 Å². The molecule has 0 aromatic carbocycles. The van der Waals surface area contributed by atoms with Crippen LogP contribution in [0, 0.1) is 0 Å². The second kappa shape index (κ2) is 7.18. The zero-order chi connectivity index (χ0) is 15.4. The Balaban J connectivity index is 1.54. The molecule has 0 bridgehead atoms. The molecule has 5 heteroatoms. The Morgan fingerprint density at radius 1 is 1.18 bits per heavy atom. The van der Waals surface area contributed by atoms with Crippen LogP contribution in [0.4, 0.5) is 4.79 Å². The molecule has 3 saturated heterocycles. The van der Waals surface area contributed by atoms with E-state index < -0.39 is 0 Å². The summed E-state index contributed by atoms with van der Waals surface area (Å²) in [4.78, 5) is 16.6. The third-order valence-corrected chi connectivity index (χ3v) is 5.66. The van der Waals surface area contributed by atoms with Crippen molar-refractivity contribution in [3.63, 3.8) is 0 Å². The quantitative estimate of drug-likeness (QED) is 0.850. The smallest absolute Gasteiger partial charge is 0.317 e. The molecule has 3 rings (SSSR count). The van der Waals surface area contributed by atoms with Crippen molar-refractivity contribution in [3.8, 4) is 0 Å². The molecular weight excluding hydrogens is 278 g/mol. The lowest BCUT2D eigenvalue weighted by Crippen LogP contribution is -2.56. The van der Waals surface area contributed by atoms with E-state index in [1.807, 2.05) is 11.8 Å². The zero-order valence-corrected chi connectivity index (χ0v) is 14.0. The molecule has 1 unspecified atom stereocenters. The molecule has 0 aromatic rings. The maximum Gasteiger partial charge on any atom is 0.317 e. The predicted molar refractivity (Wildman–Crippen MR) is 87.0 cm³/mol. The van der Waals surface area contributed by atoms with E-state index in [1.54, 1.807) is 0 Å². The molecule has 5 nitrogen and oxygen atoms in total. The maximum absolute atomic E-state index is 11.9. The first kappa shape index (κ1) is 16.1. The van der Waals surface area contributed by atoms with Crippen molar-refractivity contribution in [2.24, 2.45) is 0 Å². The summed E-state index contributed by atoms with van der Waals surface area (Å²) in [6, 6.07) is 0.783. The highest BCUT2D eigenvalue weighted by Crippen LogP contribution is 2.37. The van der Waals surface area contributed by atoms with Gasteiger partial charge in [-0.15, -0.1) is 0 Å². The largest absolute Gasteiger partial charge is 0.375 e.